The monoisotopic (exact) mass is 332 g/mol. The van der Waals surface area contributed by atoms with Gasteiger partial charge in [-0.2, -0.15) is 0 Å². The van der Waals surface area contributed by atoms with Crippen LogP contribution in [-0.4, -0.2) is 40.0 Å². The van der Waals surface area contributed by atoms with Gasteiger partial charge in [0, 0.05) is 17.5 Å². The average Bonchev–Trinajstić information content (AvgIpc) is 2.95. The molecule has 0 saturated heterocycles. The molecule has 1 amide bonds. The fraction of sp³-hybridized carbons (Fsp3) is 0.353. The summed E-state index contributed by atoms with van der Waals surface area (Å²) in [6.45, 7) is 4.07. The molecule has 0 aliphatic heterocycles. The molecule has 0 spiro atoms. The van der Waals surface area contributed by atoms with Gasteiger partial charge in [-0.25, -0.2) is 4.98 Å². The molecule has 1 aromatic carbocycles. The number of hydrogen-bond donors (Lipinski definition) is 1. The SMILES string of the molecule is CC(C)CN(CC(=O)O)C(=O)Cc1csc(-c2ccccc2)n1. The third kappa shape index (κ3) is 5.17. The first-order valence-corrected chi connectivity index (χ1v) is 8.33. The molecule has 0 bridgehead atoms. The van der Waals surface area contributed by atoms with E-state index in [2.05, 4.69) is 4.98 Å². The number of hydrogen-bond acceptors (Lipinski definition) is 4. The van der Waals surface area contributed by atoms with E-state index in [-0.39, 0.29) is 24.8 Å². The zero-order valence-corrected chi connectivity index (χ0v) is 14.0. The molecule has 0 fully saturated rings. The summed E-state index contributed by atoms with van der Waals surface area (Å²) >= 11 is 1.49. The Bertz CT molecular complexity index is 667. The summed E-state index contributed by atoms with van der Waals surface area (Å²) in [4.78, 5) is 29.2. The van der Waals surface area contributed by atoms with Crippen LogP contribution in [0.25, 0.3) is 10.6 Å². The van der Waals surface area contributed by atoms with E-state index in [1.54, 1.807) is 0 Å². The molecule has 0 radical (unpaired) electrons. The number of nitrogens with zero attached hydrogens (tertiary/aromatic N) is 2. The Morgan fingerprint density at radius 1 is 1.26 bits per heavy atom. The molecule has 2 rings (SSSR count). The fourth-order valence-electron chi connectivity index (χ4n) is 2.23. The number of aliphatic carboxylic acids is 1. The molecular weight excluding hydrogens is 312 g/mol. The first kappa shape index (κ1) is 17.1. The third-order valence-electron chi connectivity index (χ3n) is 3.17. The molecule has 2 aromatic rings. The van der Waals surface area contributed by atoms with E-state index in [1.807, 2.05) is 49.6 Å². The van der Waals surface area contributed by atoms with Gasteiger partial charge in [0.05, 0.1) is 12.1 Å². The lowest BCUT2D eigenvalue weighted by molar-refractivity contribution is -0.144. The lowest BCUT2D eigenvalue weighted by Crippen LogP contribution is -2.39. The van der Waals surface area contributed by atoms with Crippen molar-refractivity contribution in [2.75, 3.05) is 13.1 Å². The van der Waals surface area contributed by atoms with Gasteiger partial charge in [-0.15, -0.1) is 11.3 Å². The van der Waals surface area contributed by atoms with Crippen LogP contribution in [-0.2, 0) is 16.0 Å². The minimum Gasteiger partial charge on any atom is -0.480 e. The second-order valence-corrected chi connectivity index (χ2v) is 6.61. The van der Waals surface area contributed by atoms with Crippen molar-refractivity contribution >= 4 is 23.2 Å². The highest BCUT2D eigenvalue weighted by atomic mass is 32.1. The molecule has 122 valence electrons. The third-order valence-corrected chi connectivity index (χ3v) is 4.11. The molecule has 0 unspecified atom stereocenters. The summed E-state index contributed by atoms with van der Waals surface area (Å²) in [7, 11) is 0. The Kier molecular flexibility index (Phi) is 5.87. The number of benzene rings is 1. The quantitative estimate of drug-likeness (QED) is 0.846. The molecule has 1 aromatic heterocycles. The van der Waals surface area contributed by atoms with Gasteiger partial charge in [0.15, 0.2) is 0 Å². The van der Waals surface area contributed by atoms with Crippen LogP contribution >= 0.6 is 11.3 Å². The van der Waals surface area contributed by atoms with Gasteiger partial charge in [0.1, 0.15) is 11.6 Å². The summed E-state index contributed by atoms with van der Waals surface area (Å²) in [5.41, 5.74) is 1.69. The molecule has 5 nitrogen and oxygen atoms in total. The summed E-state index contributed by atoms with van der Waals surface area (Å²) in [5, 5.41) is 11.7. The second kappa shape index (κ2) is 7.87. The van der Waals surface area contributed by atoms with Crippen LogP contribution in [0.15, 0.2) is 35.7 Å². The predicted molar refractivity (Wildman–Crippen MR) is 90.3 cm³/mol. The topological polar surface area (TPSA) is 70.5 Å². The highest BCUT2D eigenvalue weighted by molar-refractivity contribution is 7.13. The number of carboxylic acid groups (broad SMARTS) is 1. The van der Waals surface area contributed by atoms with Crippen LogP contribution in [0.3, 0.4) is 0 Å². The van der Waals surface area contributed by atoms with Gasteiger partial charge in [-0.3, -0.25) is 9.59 Å². The zero-order chi connectivity index (χ0) is 16.8. The van der Waals surface area contributed by atoms with Gasteiger partial charge in [-0.1, -0.05) is 44.2 Å². The van der Waals surface area contributed by atoms with E-state index >= 15 is 0 Å². The minimum atomic E-state index is -0.998. The number of carbonyl (C=O) groups is 2. The first-order chi connectivity index (χ1) is 11.0. The Hall–Kier alpha value is -2.21. The van der Waals surface area contributed by atoms with Crippen molar-refractivity contribution in [2.45, 2.75) is 20.3 Å². The van der Waals surface area contributed by atoms with Crippen molar-refractivity contribution in [3.63, 3.8) is 0 Å². The minimum absolute atomic E-state index is 0.128. The smallest absolute Gasteiger partial charge is 0.323 e. The van der Waals surface area contributed by atoms with Gasteiger partial charge >= 0.3 is 5.97 Å². The van der Waals surface area contributed by atoms with Gasteiger partial charge in [0.2, 0.25) is 5.91 Å². The van der Waals surface area contributed by atoms with E-state index in [0.29, 0.717) is 12.2 Å². The number of rotatable bonds is 7. The largest absolute Gasteiger partial charge is 0.480 e. The van der Waals surface area contributed by atoms with Crippen LogP contribution in [0.4, 0.5) is 0 Å². The zero-order valence-electron chi connectivity index (χ0n) is 13.2. The van der Waals surface area contributed by atoms with Crippen LogP contribution < -0.4 is 0 Å². The number of thiazole rings is 1. The molecule has 1 N–H and O–H groups in total. The van der Waals surface area contributed by atoms with E-state index in [4.69, 9.17) is 5.11 Å². The van der Waals surface area contributed by atoms with E-state index in [9.17, 15) is 9.59 Å². The van der Waals surface area contributed by atoms with Gasteiger partial charge in [0.25, 0.3) is 0 Å². The van der Waals surface area contributed by atoms with Crippen LogP contribution in [0.1, 0.15) is 19.5 Å². The summed E-state index contributed by atoms with van der Waals surface area (Å²) in [6.07, 6.45) is 0.128. The summed E-state index contributed by atoms with van der Waals surface area (Å²) in [5.74, 6) is -0.984. The highest BCUT2D eigenvalue weighted by Gasteiger charge is 2.19. The summed E-state index contributed by atoms with van der Waals surface area (Å²) < 4.78 is 0. The van der Waals surface area contributed by atoms with Crippen molar-refractivity contribution in [1.29, 1.82) is 0 Å². The molecular formula is C17H20N2O3S. The van der Waals surface area contributed by atoms with Crippen molar-refractivity contribution < 1.29 is 14.7 Å². The van der Waals surface area contributed by atoms with E-state index < -0.39 is 5.97 Å². The van der Waals surface area contributed by atoms with Gasteiger partial charge in [-0.05, 0) is 5.92 Å². The van der Waals surface area contributed by atoms with Crippen LogP contribution in [0.5, 0.6) is 0 Å². The number of carbonyl (C=O) groups excluding carboxylic acids is 1. The Labute approximate surface area is 139 Å². The molecule has 6 heteroatoms. The lowest BCUT2D eigenvalue weighted by Gasteiger charge is -2.22. The molecule has 0 atom stereocenters. The molecule has 23 heavy (non-hydrogen) atoms. The predicted octanol–water partition coefficient (Wildman–Crippen LogP) is 2.92. The van der Waals surface area contributed by atoms with Gasteiger partial charge < -0.3 is 10.0 Å². The van der Waals surface area contributed by atoms with Crippen molar-refractivity contribution in [1.82, 2.24) is 9.88 Å². The Morgan fingerprint density at radius 2 is 1.96 bits per heavy atom. The maximum atomic E-state index is 12.4. The molecule has 0 aliphatic carbocycles. The molecule has 0 saturated carbocycles. The maximum Gasteiger partial charge on any atom is 0.323 e. The highest BCUT2D eigenvalue weighted by Crippen LogP contribution is 2.23. The average molecular weight is 332 g/mol. The van der Waals surface area contributed by atoms with Crippen LogP contribution in [0, 0.1) is 5.92 Å². The van der Waals surface area contributed by atoms with Crippen molar-refractivity contribution in [3.05, 3.63) is 41.4 Å². The lowest BCUT2D eigenvalue weighted by atomic mass is 10.2. The molecule has 1 heterocycles. The first-order valence-electron chi connectivity index (χ1n) is 7.45. The summed E-state index contributed by atoms with van der Waals surface area (Å²) in [6, 6.07) is 9.77. The number of amides is 1. The number of aromatic nitrogens is 1. The Morgan fingerprint density at radius 3 is 2.57 bits per heavy atom. The van der Waals surface area contributed by atoms with Crippen molar-refractivity contribution in [2.24, 2.45) is 5.92 Å². The van der Waals surface area contributed by atoms with Crippen molar-refractivity contribution in [3.8, 4) is 10.6 Å². The van der Waals surface area contributed by atoms with E-state index in [1.165, 1.54) is 16.2 Å². The molecule has 0 aliphatic rings. The second-order valence-electron chi connectivity index (χ2n) is 5.75. The normalized spacial score (nSPS) is 10.7. The fourth-order valence-corrected chi connectivity index (χ4v) is 3.05. The number of carboxylic acids is 1. The Balaban J connectivity index is 2.06. The van der Waals surface area contributed by atoms with Crippen LogP contribution in [0.2, 0.25) is 0 Å². The standard InChI is InChI=1S/C17H20N2O3S/c1-12(2)9-19(10-16(21)22)15(20)8-14-11-23-17(18-14)13-6-4-3-5-7-13/h3-7,11-12H,8-10H2,1-2H3,(H,21,22). The van der Waals surface area contributed by atoms with E-state index in [0.717, 1.165) is 10.6 Å². The maximum absolute atomic E-state index is 12.4.